The van der Waals surface area contributed by atoms with Crippen LogP contribution in [0.3, 0.4) is 0 Å². The van der Waals surface area contributed by atoms with E-state index < -0.39 is 0 Å². The van der Waals surface area contributed by atoms with Gasteiger partial charge in [-0.05, 0) is 30.7 Å². The Morgan fingerprint density at radius 3 is 2.89 bits per heavy atom. The van der Waals surface area contributed by atoms with Gasteiger partial charge in [0, 0.05) is 12.4 Å². The van der Waals surface area contributed by atoms with E-state index in [9.17, 15) is 4.39 Å². The van der Waals surface area contributed by atoms with Gasteiger partial charge < -0.3 is 15.0 Å². The lowest BCUT2D eigenvalue weighted by Crippen LogP contribution is -2.24. The lowest BCUT2D eigenvalue weighted by molar-refractivity contribution is 0.386. The van der Waals surface area contributed by atoms with Crippen LogP contribution in [0.1, 0.15) is 24.4 Å². The maximum absolute atomic E-state index is 13.7. The number of aromatic amines is 1. The van der Waals surface area contributed by atoms with Crippen LogP contribution in [0.2, 0.25) is 0 Å². The predicted octanol–water partition coefficient (Wildman–Crippen LogP) is 2.45. The molecule has 0 spiro atoms. The second-order valence-electron chi connectivity index (χ2n) is 4.26. The van der Waals surface area contributed by atoms with Gasteiger partial charge in [0.05, 0.1) is 13.2 Å². The van der Waals surface area contributed by atoms with E-state index in [0.29, 0.717) is 6.42 Å². The molecule has 0 aliphatic carbocycles. The van der Waals surface area contributed by atoms with Gasteiger partial charge in [0.2, 0.25) is 0 Å². The molecule has 0 radical (unpaired) electrons. The standard InChI is InChI=1S/C14H18FN3O/c1-3-16-12(14-17-6-7-18-14)9-10-4-5-13(19-2)11(15)8-10/h4-8,12,16H,3,9H2,1-2H3,(H,17,18). The lowest BCUT2D eigenvalue weighted by Gasteiger charge is -2.16. The fraction of sp³-hybridized carbons (Fsp3) is 0.357. The number of methoxy groups -OCH3 is 1. The second kappa shape index (κ2) is 6.33. The van der Waals surface area contributed by atoms with Crippen molar-refractivity contribution in [2.45, 2.75) is 19.4 Å². The van der Waals surface area contributed by atoms with Gasteiger partial charge in [-0.3, -0.25) is 0 Å². The highest BCUT2D eigenvalue weighted by atomic mass is 19.1. The number of hydrogen-bond acceptors (Lipinski definition) is 3. The van der Waals surface area contributed by atoms with E-state index in [1.165, 1.54) is 13.2 Å². The molecule has 0 aliphatic rings. The van der Waals surface area contributed by atoms with Crippen molar-refractivity contribution in [2.24, 2.45) is 0 Å². The van der Waals surface area contributed by atoms with Gasteiger partial charge in [0.1, 0.15) is 5.82 Å². The van der Waals surface area contributed by atoms with E-state index in [1.54, 1.807) is 18.5 Å². The van der Waals surface area contributed by atoms with E-state index in [-0.39, 0.29) is 17.6 Å². The summed E-state index contributed by atoms with van der Waals surface area (Å²) in [5, 5.41) is 3.33. The molecule has 1 heterocycles. The molecular weight excluding hydrogens is 245 g/mol. The number of H-pyrrole nitrogens is 1. The van der Waals surface area contributed by atoms with Gasteiger partial charge in [0.15, 0.2) is 11.6 Å². The van der Waals surface area contributed by atoms with E-state index in [1.807, 2.05) is 13.0 Å². The first kappa shape index (κ1) is 13.5. The van der Waals surface area contributed by atoms with Gasteiger partial charge >= 0.3 is 0 Å². The fourth-order valence-corrected chi connectivity index (χ4v) is 2.05. The topological polar surface area (TPSA) is 49.9 Å². The molecule has 5 heteroatoms. The van der Waals surface area contributed by atoms with Crippen LogP contribution < -0.4 is 10.1 Å². The molecule has 1 aromatic heterocycles. The van der Waals surface area contributed by atoms with Gasteiger partial charge in [-0.25, -0.2) is 9.37 Å². The lowest BCUT2D eigenvalue weighted by atomic mass is 10.0. The molecule has 2 rings (SSSR count). The number of likely N-dealkylation sites (N-methyl/N-ethyl adjacent to an activating group) is 1. The minimum atomic E-state index is -0.338. The molecule has 102 valence electrons. The first-order chi connectivity index (χ1) is 9.24. The molecule has 2 N–H and O–H groups in total. The Hall–Kier alpha value is -1.88. The summed E-state index contributed by atoms with van der Waals surface area (Å²) >= 11 is 0. The van der Waals surface area contributed by atoms with Crippen molar-refractivity contribution >= 4 is 0 Å². The van der Waals surface area contributed by atoms with Crippen LogP contribution in [-0.2, 0) is 6.42 Å². The van der Waals surface area contributed by atoms with Crippen molar-refractivity contribution in [3.05, 3.63) is 47.8 Å². The number of nitrogens with zero attached hydrogens (tertiary/aromatic N) is 1. The van der Waals surface area contributed by atoms with Crippen molar-refractivity contribution in [3.63, 3.8) is 0 Å². The Morgan fingerprint density at radius 1 is 1.47 bits per heavy atom. The molecule has 0 saturated carbocycles. The average Bonchev–Trinajstić information content (AvgIpc) is 2.92. The largest absolute Gasteiger partial charge is 0.494 e. The van der Waals surface area contributed by atoms with Gasteiger partial charge in [-0.1, -0.05) is 13.0 Å². The maximum Gasteiger partial charge on any atom is 0.165 e. The van der Waals surface area contributed by atoms with E-state index in [2.05, 4.69) is 15.3 Å². The molecule has 19 heavy (non-hydrogen) atoms. The van der Waals surface area contributed by atoms with E-state index >= 15 is 0 Å². The quantitative estimate of drug-likeness (QED) is 0.841. The van der Waals surface area contributed by atoms with Crippen LogP contribution in [0.4, 0.5) is 4.39 Å². The summed E-state index contributed by atoms with van der Waals surface area (Å²) in [6.07, 6.45) is 4.17. The van der Waals surface area contributed by atoms with Crippen LogP contribution >= 0.6 is 0 Å². The second-order valence-corrected chi connectivity index (χ2v) is 4.26. The van der Waals surface area contributed by atoms with Crippen LogP contribution in [-0.4, -0.2) is 23.6 Å². The van der Waals surface area contributed by atoms with Crippen molar-refractivity contribution < 1.29 is 9.13 Å². The Balaban J connectivity index is 2.15. The number of nitrogens with one attached hydrogen (secondary N) is 2. The summed E-state index contributed by atoms with van der Waals surface area (Å²) in [5.41, 5.74) is 0.903. The zero-order valence-corrected chi connectivity index (χ0v) is 11.1. The molecule has 0 saturated heterocycles. The van der Waals surface area contributed by atoms with Gasteiger partial charge in [-0.2, -0.15) is 0 Å². The Bertz CT molecular complexity index is 513. The van der Waals surface area contributed by atoms with Crippen molar-refractivity contribution in [1.29, 1.82) is 0 Å². The summed E-state index contributed by atoms with van der Waals surface area (Å²) in [5.74, 6) is 0.787. The SMILES string of the molecule is CCNC(Cc1ccc(OC)c(F)c1)c1ncc[nH]1. The van der Waals surface area contributed by atoms with Crippen molar-refractivity contribution in [3.8, 4) is 5.75 Å². The van der Waals surface area contributed by atoms with Crippen molar-refractivity contribution in [1.82, 2.24) is 15.3 Å². The maximum atomic E-state index is 13.7. The Labute approximate surface area is 112 Å². The molecule has 2 aromatic rings. The summed E-state index contributed by atoms with van der Waals surface area (Å²) < 4.78 is 18.6. The highest BCUT2D eigenvalue weighted by molar-refractivity contribution is 5.30. The van der Waals surface area contributed by atoms with Crippen molar-refractivity contribution in [2.75, 3.05) is 13.7 Å². The molecule has 0 bridgehead atoms. The highest BCUT2D eigenvalue weighted by Gasteiger charge is 2.14. The average molecular weight is 263 g/mol. The first-order valence-electron chi connectivity index (χ1n) is 6.29. The molecule has 0 aliphatic heterocycles. The summed E-state index contributed by atoms with van der Waals surface area (Å²) in [4.78, 5) is 7.34. The third-order valence-electron chi connectivity index (χ3n) is 2.96. The summed E-state index contributed by atoms with van der Waals surface area (Å²) in [7, 11) is 1.46. The Kier molecular flexibility index (Phi) is 4.52. The third kappa shape index (κ3) is 3.32. The van der Waals surface area contributed by atoms with Gasteiger partial charge in [-0.15, -0.1) is 0 Å². The number of hydrogen-bond donors (Lipinski definition) is 2. The van der Waals surface area contributed by atoms with E-state index in [4.69, 9.17) is 4.74 Å². The molecule has 1 aromatic carbocycles. The van der Waals surface area contributed by atoms with Crippen LogP contribution in [0.15, 0.2) is 30.6 Å². The molecule has 1 atom stereocenters. The summed E-state index contributed by atoms with van der Waals surface area (Å²) in [6, 6.07) is 5.07. The summed E-state index contributed by atoms with van der Waals surface area (Å²) in [6.45, 7) is 2.86. The normalized spacial score (nSPS) is 12.4. The predicted molar refractivity (Wildman–Crippen MR) is 71.7 cm³/mol. The van der Waals surface area contributed by atoms with Crippen LogP contribution in [0.5, 0.6) is 5.75 Å². The number of aromatic nitrogens is 2. The third-order valence-corrected chi connectivity index (χ3v) is 2.96. The fourth-order valence-electron chi connectivity index (χ4n) is 2.05. The van der Waals surface area contributed by atoms with Gasteiger partial charge in [0.25, 0.3) is 0 Å². The number of ether oxygens (including phenoxy) is 1. The minimum Gasteiger partial charge on any atom is -0.494 e. The zero-order valence-electron chi connectivity index (χ0n) is 11.1. The molecular formula is C14H18FN3O. The first-order valence-corrected chi connectivity index (χ1v) is 6.29. The van der Waals surface area contributed by atoms with E-state index in [0.717, 1.165) is 17.9 Å². The molecule has 0 amide bonds. The van der Waals surface area contributed by atoms with Crippen LogP contribution in [0.25, 0.3) is 0 Å². The highest BCUT2D eigenvalue weighted by Crippen LogP contribution is 2.21. The molecule has 4 nitrogen and oxygen atoms in total. The number of halogens is 1. The monoisotopic (exact) mass is 263 g/mol. The number of rotatable bonds is 6. The number of imidazole rings is 1. The minimum absolute atomic E-state index is 0.0489. The molecule has 1 unspecified atom stereocenters. The number of benzene rings is 1. The van der Waals surface area contributed by atoms with Crippen LogP contribution in [0, 0.1) is 5.82 Å². The Morgan fingerprint density at radius 2 is 2.32 bits per heavy atom. The molecule has 0 fully saturated rings. The smallest absolute Gasteiger partial charge is 0.165 e. The zero-order chi connectivity index (χ0) is 13.7.